The zero-order valence-electron chi connectivity index (χ0n) is 9.35. The number of hydrogen-bond acceptors (Lipinski definition) is 4. The van der Waals surface area contributed by atoms with Crippen LogP contribution >= 0.6 is 0 Å². The summed E-state index contributed by atoms with van der Waals surface area (Å²) < 4.78 is 18.1. The van der Waals surface area contributed by atoms with Gasteiger partial charge in [-0.2, -0.15) is 4.98 Å². The van der Waals surface area contributed by atoms with Crippen molar-refractivity contribution in [3.8, 4) is 11.8 Å². The zero-order valence-corrected chi connectivity index (χ0v) is 9.35. The second-order valence-electron chi connectivity index (χ2n) is 3.52. The van der Waals surface area contributed by atoms with Crippen molar-refractivity contribution in [2.45, 2.75) is 13.5 Å². The highest BCUT2D eigenvalue weighted by molar-refractivity contribution is 5.26. The third-order valence-electron chi connectivity index (χ3n) is 2.30. The molecule has 0 aliphatic rings. The molecule has 2 rings (SSSR count). The molecule has 2 aromatic rings. The molecule has 0 unspecified atom stereocenters. The predicted octanol–water partition coefficient (Wildman–Crippen LogP) is 2.18. The number of rotatable bonds is 3. The number of halogens is 1. The van der Waals surface area contributed by atoms with E-state index in [1.807, 2.05) is 6.92 Å². The first-order valence-corrected chi connectivity index (χ1v) is 5.15. The maximum absolute atomic E-state index is 12.7. The van der Waals surface area contributed by atoms with Crippen LogP contribution in [0.5, 0.6) is 11.8 Å². The quantitative estimate of drug-likeness (QED) is 0.882. The fourth-order valence-electron chi connectivity index (χ4n) is 1.33. The maximum atomic E-state index is 12.7. The van der Waals surface area contributed by atoms with E-state index in [9.17, 15) is 4.39 Å². The van der Waals surface area contributed by atoms with Crippen LogP contribution in [0.4, 0.5) is 4.39 Å². The Bertz CT molecular complexity index is 514. The minimum atomic E-state index is -0.312. The molecule has 1 aromatic carbocycles. The van der Waals surface area contributed by atoms with Gasteiger partial charge < -0.3 is 10.5 Å². The van der Waals surface area contributed by atoms with E-state index in [-0.39, 0.29) is 11.8 Å². The van der Waals surface area contributed by atoms with Gasteiger partial charge in [-0.1, -0.05) is 0 Å². The highest BCUT2D eigenvalue weighted by Crippen LogP contribution is 2.18. The van der Waals surface area contributed by atoms with E-state index < -0.39 is 0 Å². The van der Waals surface area contributed by atoms with Crippen LogP contribution in [0.25, 0.3) is 0 Å². The molecular formula is C12H12FN3O. The van der Waals surface area contributed by atoms with Gasteiger partial charge in [0.2, 0.25) is 0 Å². The van der Waals surface area contributed by atoms with Gasteiger partial charge in [-0.25, -0.2) is 9.37 Å². The van der Waals surface area contributed by atoms with E-state index in [0.29, 0.717) is 12.3 Å². The monoisotopic (exact) mass is 233 g/mol. The van der Waals surface area contributed by atoms with Crippen molar-refractivity contribution < 1.29 is 9.13 Å². The molecule has 0 bridgehead atoms. The van der Waals surface area contributed by atoms with Gasteiger partial charge in [-0.05, 0) is 31.2 Å². The van der Waals surface area contributed by atoms with Gasteiger partial charge in [-0.3, -0.25) is 0 Å². The number of benzene rings is 1. The fraction of sp³-hybridized carbons (Fsp3) is 0.167. The molecule has 88 valence electrons. The molecular weight excluding hydrogens is 221 g/mol. The standard InChI is InChI=1S/C12H12FN3O/c1-8-9(6-14)7-15-12(16-8)17-11-4-2-10(13)3-5-11/h2-5,7H,6,14H2,1H3. The summed E-state index contributed by atoms with van der Waals surface area (Å²) in [6.45, 7) is 2.23. The van der Waals surface area contributed by atoms with E-state index in [4.69, 9.17) is 10.5 Å². The molecule has 0 saturated heterocycles. The van der Waals surface area contributed by atoms with Crippen LogP contribution in [0.2, 0.25) is 0 Å². The minimum Gasteiger partial charge on any atom is -0.424 e. The summed E-state index contributed by atoms with van der Waals surface area (Å²) >= 11 is 0. The largest absolute Gasteiger partial charge is 0.424 e. The number of nitrogens with zero attached hydrogens (tertiary/aromatic N) is 2. The molecule has 2 N–H and O–H groups in total. The second kappa shape index (κ2) is 4.88. The SMILES string of the molecule is Cc1nc(Oc2ccc(F)cc2)ncc1CN. The number of hydrogen-bond donors (Lipinski definition) is 1. The lowest BCUT2D eigenvalue weighted by Gasteiger charge is -2.06. The van der Waals surface area contributed by atoms with Gasteiger partial charge >= 0.3 is 6.01 Å². The summed E-state index contributed by atoms with van der Waals surface area (Å²) in [6.07, 6.45) is 1.63. The third kappa shape index (κ3) is 2.76. The van der Waals surface area contributed by atoms with Crippen LogP contribution in [0.15, 0.2) is 30.5 Å². The summed E-state index contributed by atoms with van der Waals surface area (Å²) in [7, 11) is 0. The van der Waals surface area contributed by atoms with Crippen molar-refractivity contribution in [2.24, 2.45) is 5.73 Å². The second-order valence-corrected chi connectivity index (χ2v) is 3.52. The highest BCUT2D eigenvalue weighted by Gasteiger charge is 2.04. The Hall–Kier alpha value is -2.01. The predicted molar refractivity (Wildman–Crippen MR) is 61.1 cm³/mol. The summed E-state index contributed by atoms with van der Waals surface area (Å²) in [4.78, 5) is 8.18. The fourth-order valence-corrected chi connectivity index (χ4v) is 1.33. The average molecular weight is 233 g/mol. The molecule has 0 aliphatic heterocycles. The van der Waals surface area contributed by atoms with E-state index >= 15 is 0 Å². The van der Waals surface area contributed by atoms with E-state index in [1.165, 1.54) is 24.3 Å². The minimum absolute atomic E-state index is 0.228. The van der Waals surface area contributed by atoms with Crippen molar-refractivity contribution >= 4 is 0 Å². The van der Waals surface area contributed by atoms with Crippen LogP contribution in [-0.2, 0) is 6.54 Å². The molecule has 5 heteroatoms. The molecule has 0 aliphatic carbocycles. The lowest BCUT2D eigenvalue weighted by atomic mass is 10.2. The summed E-state index contributed by atoms with van der Waals surface area (Å²) in [5.41, 5.74) is 7.16. The topological polar surface area (TPSA) is 61.0 Å². The van der Waals surface area contributed by atoms with Gasteiger partial charge in [0.1, 0.15) is 11.6 Å². The van der Waals surface area contributed by atoms with E-state index in [1.54, 1.807) is 6.20 Å². The van der Waals surface area contributed by atoms with Crippen LogP contribution in [-0.4, -0.2) is 9.97 Å². The molecule has 4 nitrogen and oxygen atoms in total. The van der Waals surface area contributed by atoms with Crippen LogP contribution < -0.4 is 10.5 Å². The Labute approximate surface area is 98.3 Å². The normalized spacial score (nSPS) is 10.3. The Morgan fingerprint density at radius 2 is 2.00 bits per heavy atom. The van der Waals surface area contributed by atoms with E-state index in [2.05, 4.69) is 9.97 Å². The third-order valence-corrected chi connectivity index (χ3v) is 2.30. The van der Waals surface area contributed by atoms with Gasteiger partial charge in [0, 0.05) is 24.0 Å². The van der Waals surface area contributed by atoms with Gasteiger partial charge in [0.25, 0.3) is 0 Å². The number of aromatic nitrogens is 2. The van der Waals surface area contributed by atoms with Crippen LogP contribution in [0.1, 0.15) is 11.3 Å². The number of ether oxygens (including phenoxy) is 1. The Morgan fingerprint density at radius 1 is 1.29 bits per heavy atom. The first-order valence-electron chi connectivity index (χ1n) is 5.15. The molecule has 0 saturated carbocycles. The molecule has 17 heavy (non-hydrogen) atoms. The molecule has 1 aromatic heterocycles. The van der Waals surface area contributed by atoms with Gasteiger partial charge in [-0.15, -0.1) is 0 Å². The average Bonchev–Trinajstić information content (AvgIpc) is 2.32. The summed E-state index contributed by atoms with van der Waals surface area (Å²) in [6, 6.07) is 5.90. The Kier molecular flexibility index (Phi) is 3.30. The Morgan fingerprint density at radius 3 is 2.59 bits per heavy atom. The Balaban J connectivity index is 2.19. The molecule has 1 heterocycles. The lowest BCUT2D eigenvalue weighted by Crippen LogP contribution is -2.03. The van der Waals surface area contributed by atoms with Crippen molar-refractivity contribution in [2.75, 3.05) is 0 Å². The maximum Gasteiger partial charge on any atom is 0.322 e. The van der Waals surface area contributed by atoms with Crippen molar-refractivity contribution in [3.05, 3.63) is 47.5 Å². The first kappa shape index (κ1) is 11.5. The van der Waals surface area contributed by atoms with Gasteiger partial charge in [0.15, 0.2) is 0 Å². The first-order chi connectivity index (χ1) is 8.19. The van der Waals surface area contributed by atoms with Gasteiger partial charge in [0.05, 0.1) is 0 Å². The highest BCUT2D eigenvalue weighted by atomic mass is 19.1. The van der Waals surface area contributed by atoms with Crippen molar-refractivity contribution in [1.82, 2.24) is 9.97 Å². The zero-order chi connectivity index (χ0) is 12.3. The molecule has 0 atom stereocenters. The smallest absolute Gasteiger partial charge is 0.322 e. The summed E-state index contributed by atoms with van der Waals surface area (Å²) in [5, 5.41) is 0. The lowest BCUT2D eigenvalue weighted by molar-refractivity contribution is 0.438. The number of aryl methyl sites for hydroxylation is 1. The van der Waals surface area contributed by atoms with Crippen LogP contribution in [0, 0.1) is 12.7 Å². The van der Waals surface area contributed by atoms with Crippen molar-refractivity contribution in [1.29, 1.82) is 0 Å². The molecule has 0 radical (unpaired) electrons. The van der Waals surface area contributed by atoms with Crippen LogP contribution in [0.3, 0.4) is 0 Å². The molecule has 0 fully saturated rings. The number of nitrogens with two attached hydrogens (primary N) is 1. The van der Waals surface area contributed by atoms with Crippen molar-refractivity contribution in [3.63, 3.8) is 0 Å². The molecule has 0 spiro atoms. The summed E-state index contributed by atoms with van der Waals surface area (Å²) in [5.74, 6) is 0.180. The van der Waals surface area contributed by atoms with E-state index in [0.717, 1.165) is 11.3 Å². The molecule has 0 amide bonds.